The molecule has 1 N–H and O–H groups in total. The molecule has 0 bridgehead atoms. The van der Waals surface area contributed by atoms with Crippen molar-refractivity contribution in [2.45, 2.75) is 13.1 Å². The number of halogens is 2. The number of alkyl halides is 2. The number of methoxy groups -OCH3 is 1. The SMILES string of the molecule is COCCNCc1cccn1C(F)F. The first-order chi connectivity index (χ1) is 6.75. The molecule has 0 unspecified atom stereocenters. The Bertz CT molecular complexity index is 263. The van der Waals surface area contributed by atoms with E-state index < -0.39 is 6.55 Å². The molecule has 1 rings (SSSR count). The van der Waals surface area contributed by atoms with Crippen LogP contribution in [-0.2, 0) is 11.3 Å². The molecule has 0 fully saturated rings. The van der Waals surface area contributed by atoms with Crippen molar-refractivity contribution in [3.8, 4) is 0 Å². The van der Waals surface area contributed by atoms with E-state index >= 15 is 0 Å². The second kappa shape index (κ2) is 5.72. The summed E-state index contributed by atoms with van der Waals surface area (Å²) in [6.45, 7) is -0.801. The Balaban J connectivity index is 2.38. The number of nitrogens with one attached hydrogen (secondary N) is 1. The smallest absolute Gasteiger partial charge is 0.318 e. The third kappa shape index (κ3) is 3.08. The number of rotatable bonds is 6. The van der Waals surface area contributed by atoms with Gasteiger partial charge in [0.25, 0.3) is 0 Å². The lowest BCUT2D eigenvalue weighted by molar-refractivity contribution is 0.0673. The molecule has 0 aliphatic rings. The molecule has 1 heterocycles. The van der Waals surface area contributed by atoms with Crippen LogP contribution in [0, 0.1) is 0 Å². The van der Waals surface area contributed by atoms with Gasteiger partial charge in [-0.3, -0.25) is 4.57 Å². The fourth-order valence-corrected chi connectivity index (χ4v) is 1.16. The maximum atomic E-state index is 12.3. The Kier molecular flexibility index (Phi) is 4.55. The first-order valence-corrected chi connectivity index (χ1v) is 4.39. The fraction of sp³-hybridized carbons (Fsp3) is 0.556. The normalized spacial score (nSPS) is 11.1. The van der Waals surface area contributed by atoms with E-state index in [-0.39, 0.29) is 0 Å². The van der Waals surface area contributed by atoms with Crippen LogP contribution >= 0.6 is 0 Å². The molecular formula is C9H14F2N2O. The lowest BCUT2D eigenvalue weighted by Gasteiger charge is -2.08. The molecule has 0 atom stereocenters. The lowest BCUT2D eigenvalue weighted by atomic mass is 10.4. The molecule has 0 spiro atoms. The van der Waals surface area contributed by atoms with E-state index in [0.717, 1.165) is 4.57 Å². The molecule has 0 aliphatic heterocycles. The van der Waals surface area contributed by atoms with E-state index in [0.29, 0.717) is 25.4 Å². The van der Waals surface area contributed by atoms with Gasteiger partial charge in [0.2, 0.25) is 0 Å². The van der Waals surface area contributed by atoms with Crippen LogP contribution in [0.3, 0.4) is 0 Å². The van der Waals surface area contributed by atoms with Gasteiger partial charge < -0.3 is 10.1 Å². The van der Waals surface area contributed by atoms with Crippen molar-refractivity contribution in [2.75, 3.05) is 20.3 Å². The van der Waals surface area contributed by atoms with Gasteiger partial charge in [0.05, 0.1) is 6.61 Å². The summed E-state index contributed by atoms with van der Waals surface area (Å²) >= 11 is 0. The highest BCUT2D eigenvalue weighted by Gasteiger charge is 2.08. The number of ether oxygens (including phenoxy) is 1. The summed E-state index contributed by atoms with van der Waals surface area (Å²) < 4.78 is 30.5. The summed E-state index contributed by atoms with van der Waals surface area (Å²) in [5.74, 6) is 0. The molecule has 0 saturated heterocycles. The van der Waals surface area contributed by atoms with E-state index in [1.165, 1.54) is 6.20 Å². The van der Waals surface area contributed by atoms with Crippen LogP contribution in [0.1, 0.15) is 12.2 Å². The zero-order chi connectivity index (χ0) is 10.4. The minimum Gasteiger partial charge on any atom is -0.383 e. The van der Waals surface area contributed by atoms with Gasteiger partial charge in [-0.25, -0.2) is 0 Å². The van der Waals surface area contributed by atoms with Crippen LogP contribution in [0.25, 0.3) is 0 Å². The van der Waals surface area contributed by atoms with Gasteiger partial charge in [0.15, 0.2) is 0 Å². The first-order valence-electron chi connectivity index (χ1n) is 4.39. The molecule has 1 aromatic heterocycles. The second-order valence-electron chi connectivity index (χ2n) is 2.85. The highest BCUT2D eigenvalue weighted by molar-refractivity contribution is 5.07. The van der Waals surface area contributed by atoms with E-state index in [2.05, 4.69) is 5.32 Å². The zero-order valence-corrected chi connectivity index (χ0v) is 8.04. The van der Waals surface area contributed by atoms with Crippen molar-refractivity contribution in [2.24, 2.45) is 0 Å². The minimum absolute atomic E-state index is 0.431. The van der Waals surface area contributed by atoms with Crippen LogP contribution < -0.4 is 5.32 Å². The summed E-state index contributed by atoms with van der Waals surface area (Å²) in [4.78, 5) is 0. The molecule has 80 valence electrons. The summed E-state index contributed by atoms with van der Waals surface area (Å²) in [5.41, 5.74) is 0.580. The van der Waals surface area contributed by atoms with Crippen molar-refractivity contribution < 1.29 is 13.5 Å². The summed E-state index contributed by atoms with van der Waals surface area (Å²) in [6.07, 6.45) is 1.37. The maximum absolute atomic E-state index is 12.3. The van der Waals surface area contributed by atoms with E-state index in [1.807, 2.05) is 0 Å². The second-order valence-corrected chi connectivity index (χ2v) is 2.85. The third-order valence-corrected chi connectivity index (χ3v) is 1.87. The average Bonchev–Trinajstić information content (AvgIpc) is 2.60. The van der Waals surface area contributed by atoms with Crippen molar-refractivity contribution in [3.63, 3.8) is 0 Å². The largest absolute Gasteiger partial charge is 0.383 e. The highest BCUT2D eigenvalue weighted by Crippen LogP contribution is 2.13. The van der Waals surface area contributed by atoms with Gasteiger partial charge in [-0.05, 0) is 12.1 Å². The Hall–Kier alpha value is -0.940. The quantitative estimate of drug-likeness (QED) is 0.712. The van der Waals surface area contributed by atoms with Crippen LogP contribution in [0.15, 0.2) is 18.3 Å². The molecule has 0 radical (unpaired) electrons. The Morgan fingerprint density at radius 3 is 3.00 bits per heavy atom. The Morgan fingerprint density at radius 1 is 1.57 bits per heavy atom. The Labute approximate surface area is 81.7 Å². The average molecular weight is 204 g/mol. The van der Waals surface area contributed by atoms with Crippen molar-refractivity contribution in [1.29, 1.82) is 0 Å². The van der Waals surface area contributed by atoms with E-state index in [9.17, 15) is 8.78 Å². The molecule has 0 saturated carbocycles. The molecule has 5 heteroatoms. The zero-order valence-electron chi connectivity index (χ0n) is 8.04. The maximum Gasteiger partial charge on any atom is 0.318 e. The molecule has 1 aromatic rings. The van der Waals surface area contributed by atoms with Crippen LogP contribution in [0.5, 0.6) is 0 Å². The van der Waals surface area contributed by atoms with Gasteiger partial charge in [-0.2, -0.15) is 8.78 Å². The van der Waals surface area contributed by atoms with Gasteiger partial charge in [0.1, 0.15) is 0 Å². The predicted octanol–water partition coefficient (Wildman–Crippen LogP) is 1.62. The lowest BCUT2D eigenvalue weighted by Crippen LogP contribution is -2.20. The topological polar surface area (TPSA) is 26.2 Å². The molecular weight excluding hydrogens is 190 g/mol. The third-order valence-electron chi connectivity index (χ3n) is 1.87. The standard InChI is InChI=1S/C9H14F2N2O/c1-14-6-4-12-7-8-3-2-5-13(8)9(10)11/h2-3,5,9,12H,4,6-7H2,1H3. The summed E-state index contributed by atoms with van der Waals surface area (Å²) in [5, 5.41) is 3.00. The van der Waals surface area contributed by atoms with E-state index in [1.54, 1.807) is 19.2 Å². The highest BCUT2D eigenvalue weighted by atomic mass is 19.3. The summed E-state index contributed by atoms with van der Waals surface area (Å²) in [6, 6.07) is 3.28. The monoisotopic (exact) mass is 204 g/mol. The van der Waals surface area contributed by atoms with Crippen LogP contribution in [0.4, 0.5) is 8.78 Å². The van der Waals surface area contributed by atoms with Crippen molar-refractivity contribution in [1.82, 2.24) is 9.88 Å². The van der Waals surface area contributed by atoms with Gasteiger partial charge in [-0.1, -0.05) is 0 Å². The molecule has 0 aliphatic carbocycles. The van der Waals surface area contributed by atoms with Gasteiger partial charge in [-0.15, -0.1) is 0 Å². The van der Waals surface area contributed by atoms with Gasteiger partial charge >= 0.3 is 6.55 Å². The van der Waals surface area contributed by atoms with E-state index in [4.69, 9.17) is 4.74 Å². The number of hydrogen-bond acceptors (Lipinski definition) is 2. The Morgan fingerprint density at radius 2 is 2.36 bits per heavy atom. The first kappa shape index (κ1) is 11.1. The van der Waals surface area contributed by atoms with Crippen molar-refractivity contribution >= 4 is 0 Å². The van der Waals surface area contributed by atoms with Crippen LogP contribution in [0.2, 0.25) is 0 Å². The summed E-state index contributed by atoms with van der Waals surface area (Å²) in [7, 11) is 1.60. The molecule has 14 heavy (non-hydrogen) atoms. The molecule has 0 aromatic carbocycles. The molecule has 3 nitrogen and oxygen atoms in total. The fourth-order valence-electron chi connectivity index (χ4n) is 1.16. The number of hydrogen-bond donors (Lipinski definition) is 1. The van der Waals surface area contributed by atoms with Gasteiger partial charge in [0, 0.05) is 32.1 Å². The van der Waals surface area contributed by atoms with Crippen molar-refractivity contribution in [3.05, 3.63) is 24.0 Å². The van der Waals surface area contributed by atoms with Crippen LogP contribution in [-0.4, -0.2) is 24.8 Å². The number of aromatic nitrogens is 1. The minimum atomic E-state index is -2.47. The number of nitrogens with zero attached hydrogens (tertiary/aromatic N) is 1. The molecule has 0 amide bonds. The predicted molar refractivity (Wildman–Crippen MR) is 49.3 cm³/mol.